The number of thiol groups is 1. The summed E-state index contributed by atoms with van der Waals surface area (Å²) in [5.74, 6) is 1.56. The van der Waals surface area contributed by atoms with Crippen LogP contribution in [-0.2, 0) is 0 Å². The van der Waals surface area contributed by atoms with Crippen molar-refractivity contribution in [2.24, 2.45) is 0 Å². The number of nitrogens with zero attached hydrogens (tertiary/aromatic N) is 3. The Morgan fingerprint density at radius 1 is 0.826 bits per heavy atom. The molecule has 0 amide bonds. The zero-order chi connectivity index (χ0) is 15.9. The molecule has 0 atom stereocenters. The van der Waals surface area contributed by atoms with Gasteiger partial charge in [0.25, 0.3) is 0 Å². The van der Waals surface area contributed by atoms with Crippen LogP contribution in [0, 0.1) is 0 Å². The summed E-state index contributed by atoms with van der Waals surface area (Å²) in [4.78, 5) is 13.4. The third-order valence-electron chi connectivity index (χ3n) is 3.22. The molecule has 4 nitrogen and oxygen atoms in total. The predicted molar refractivity (Wildman–Crippen MR) is 94.7 cm³/mol. The lowest BCUT2D eigenvalue weighted by Crippen LogP contribution is -2.00. The van der Waals surface area contributed by atoms with Gasteiger partial charge in [0.15, 0.2) is 0 Å². The molecule has 3 aromatic rings. The summed E-state index contributed by atoms with van der Waals surface area (Å²) < 4.78 is 5.83. The molecule has 0 bridgehead atoms. The Kier molecular flexibility index (Phi) is 5.21. The van der Waals surface area contributed by atoms with Crippen molar-refractivity contribution in [1.82, 2.24) is 15.0 Å². The van der Waals surface area contributed by atoms with E-state index < -0.39 is 0 Å². The summed E-state index contributed by atoms with van der Waals surface area (Å²) in [6, 6.07) is 15.3. The van der Waals surface area contributed by atoms with E-state index in [-0.39, 0.29) is 0 Å². The SMILES string of the molecule is SCCCOc1cc(-c2ccccn2)nc(-c2ccccn2)c1. The molecule has 3 heterocycles. The molecule has 0 unspecified atom stereocenters. The van der Waals surface area contributed by atoms with Crippen molar-refractivity contribution in [3.8, 4) is 28.5 Å². The first kappa shape index (κ1) is 15.5. The maximum Gasteiger partial charge on any atom is 0.123 e. The molecule has 23 heavy (non-hydrogen) atoms. The zero-order valence-corrected chi connectivity index (χ0v) is 13.5. The largest absolute Gasteiger partial charge is 0.493 e. The van der Waals surface area contributed by atoms with Gasteiger partial charge in [-0.3, -0.25) is 9.97 Å². The van der Waals surface area contributed by atoms with Crippen LogP contribution >= 0.6 is 12.6 Å². The molecular formula is C18H17N3OS. The lowest BCUT2D eigenvalue weighted by atomic mass is 10.2. The van der Waals surface area contributed by atoms with Gasteiger partial charge in [-0.15, -0.1) is 0 Å². The minimum atomic E-state index is 0.622. The van der Waals surface area contributed by atoms with E-state index in [0.29, 0.717) is 6.61 Å². The van der Waals surface area contributed by atoms with Crippen molar-refractivity contribution in [2.75, 3.05) is 12.4 Å². The highest BCUT2D eigenvalue weighted by molar-refractivity contribution is 7.80. The summed E-state index contributed by atoms with van der Waals surface area (Å²) in [5.41, 5.74) is 3.16. The molecule has 3 rings (SSSR count). The Morgan fingerprint density at radius 3 is 1.91 bits per heavy atom. The van der Waals surface area contributed by atoms with Crippen molar-refractivity contribution >= 4 is 12.6 Å². The average molecular weight is 323 g/mol. The van der Waals surface area contributed by atoms with Crippen molar-refractivity contribution in [1.29, 1.82) is 0 Å². The number of pyridine rings is 3. The first-order valence-electron chi connectivity index (χ1n) is 7.45. The summed E-state index contributed by atoms with van der Waals surface area (Å²) in [6.45, 7) is 0.622. The van der Waals surface area contributed by atoms with Crippen LogP contribution in [0.5, 0.6) is 5.75 Å². The first-order chi connectivity index (χ1) is 11.4. The Bertz CT molecular complexity index is 693. The number of hydrogen-bond donors (Lipinski definition) is 1. The smallest absolute Gasteiger partial charge is 0.123 e. The van der Waals surface area contributed by atoms with Crippen LogP contribution in [0.25, 0.3) is 22.8 Å². The van der Waals surface area contributed by atoms with Gasteiger partial charge in [0.2, 0.25) is 0 Å². The lowest BCUT2D eigenvalue weighted by molar-refractivity contribution is 0.319. The van der Waals surface area contributed by atoms with Crippen molar-refractivity contribution in [3.63, 3.8) is 0 Å². The van der Waals surface area contributed by atoms with Crippen molar-refractivity contribution in [3.05, 3.63) is 60.9 Å². The molecule has 0 spiro atoms. The Hall–Kier alpha value is -2.40. The Morgan fingerprint density at radius 2 is 1.43 bits per heavy atom. The topological polar surface area (TPSA) is 47.9 Å². The first-order valence-corrected chi connectivity index (χ1v) is 8.08. The molecule has 0 aliphatic carbocycles. The van der Waals surface area contributed by atoms with Gasteiger partial charge in [-0.25, -0.2) is 4.98 Å². The van der Waals surface area contributed by atoms with Gasteiger partial charge in [-0.2, -0.15) is 12.6 Å². The molecule has 3 aromatic heterocycles. The molecule has 0 saturated heterocycles. The van der Waals surface area contributed by atoms with Gasteiger partial charge in [0, 0.05) is 24.5 Å². The third kappa shape index (κ3) is 4.07. The summed E-state index contributed by atoms with van der Waals surface area (Å²) in [6.07, 6.45) is 4.40. The predicted octanol–water partition coefficient (Wildman–Crippen LogP) is 3.90. The third-order valence-corrected chi connectivity index (χ3v) is 3.54. The quantitative estimate of drug-likeness (QED) is 0.552. The highest BCUT2D eigenvalue weighted by Gasteiger charge is 2.09. The Labute approximate surface area is 141 Å². The average Bonchev–Trinajstić information content (AvgIpc) is 2.63. The fourth-order valence-corrected chi connectivity index (χ4v) is 2.26. The van der Waals surface area contributed by atoms with Crippen molar-refractivity contribution < 1.29 is 4.74 Å². The number of hydrogen-bond acceptors (Lipinski definition) is 5. The van der Waals surface area contributed by atoms with Crippen molar-refractivity contribution in [2.45, 2.75) is 6.42 Å². The molecular weight excluding hydrogens is 306 g/mol. The van der Waals surface area contributed by atoms with Gasteiger partial charge in [-0.1, -0.05) is 12.1 Å². The monoisotopic (exact) mass is 323 g/mol. The van der Waals surface area contributed by atoms with Crippen LogP contribution in [0.1, 0.15) is 6.42 Å². The molecule has 0 aliphatic rings. The molecule has 0 fully saturated rings. The van der Waals surface area contributed by atoms with Crippen LogP contribution in [0.15, 0.2) is 60.9 Å². The molecule has 0 aromatic carbocycles. The van der Waals surface area contributed by atoms with E-state index in [2.05, 4.69) is 27.6 Å². The van der Waals surface area contributed by atoms with E-state index >= 15 is 0 Å². The molecule has 0 N–H and O–H groups in total. The molecule has 0 saturated carbocycles. The fraction of sp³-hybridized carbons (Fsp3) is 0.167. The van der Waals surface area contributed by atoms with Gasteiger partial charge in [0.05, 0.1) is 29.4 Å². The van der Waals surface area contributed by atoms with Crippen LogP contribution in [0.3, 0.4) is 0 Å². The second-order valence-corrected chi connectivity index (χ2v) is 5.38. The molecule has 116 valence electrons. The fourth-order valence-electron chi connectivity index (χ4n) is 2.13. The van der Waals surface area contributed by atoms with E-state index in [1.54, 1.807) is 12.4 Å². The standard InChI is InChI=1S/C18H17N3OS/c23-11-5-10-22-14-12-17(15-6-1-3-8-19-15)21-18(13-14)16-7-2-4-9-20-16/h1-4,6-9,12-13,23H,5,10-11H2. The van der Waals surface area contributed by atoms with Gasteiger partial charge >= 0.3 is 0 Å². The van der Waals surface area contributed by atoms with E-state index in [4.69, 9.17) is 4.74 Å². The molecule has 0 radical (unpaired) electrons. The number of ether oxygens (including phenoxy) is 1. The van der Waals surface area contributed by atoms with Crippen LogP contribution in [-0.4, -0.2) is 27.3 Å². The van der Waals surface area contributed by atoms with Crippen LogP contribution < -0.4 is 4.74 Å². The summed E-state index contributed by atoms with van der Waals surface area (Å²) in [7, 11) is 0. The molecule has 5 heteroatoms. The minimum absolute atomic E-state index is 0.622. The lowest BCUT2D eigenvalue weighted by Gasteiger charge is -2.10. The zero-order valence-electron chi connectivity index (χ0n) is 12.6. The second-order valence-electron chi connectivity index (χ2n) is 4.93. The highest BCUT2D eigenvalue weighted by atomic mass is 32.1. The number of aromatic nitrogens is 3. The van der Waals surface area contributed by atoms with Crippen LogP contribution in [0.4, 0.5) is 0 Å². The second kappa shape index (κ2) is 7.74. The summed E-state index contributed by atoms with van der Waals surface area (Å²) >= 11 is 4.21. The van der Waals surface area contributed by atoms with E-state index in [1.807, 2.05) is 48.5 Å². The van der Waals surface area contributed by atoms with E-state index in [0.717, 1.165) is 40.7 Å². The highest BCUT2D eigenvalue weighted by Crippen LogP contribution is 2.26. The maximum atomic E-state index is 5.83. The van der Waals surface area contributed by atoms with Gasteiger partial charge in [0.1, 0.15) is 5.75 Å². The minimum Gasteiger partial charge on any atom is -0.493 e. The Balaban J connectivity index is 2.00. The maximum absolute atomic E-state index is 5.83. The normalized spacial score (nSPS) is 10.5. The van der Waals surface area contributed by atoms with E-state index in [9.17, 15) is 0 Å². The summed E-state index contributed by atoms with van der Waals surface area (Å²) in [5, 5.41) is 0. The van der Waals surface area contributed by atoms with E-state index in [1.165, 1.54) is 0 Å². The van der Waals surface area contributed by atoms with Gasteiger partial charge < -0.3 is 4.74 Å². The van der Waals surface area contributed by atoms with Gasteiger partial charge in [-0.05, 0) is 36.4 Å². The number of rotatable bonds is 6. The van der Waals surface area contributed by atoms with Crippen LogP contribution in [0.2, 0.25) is 0 Å². The molecule has 0 aliphatic heterocycles.